The molecule has 0 spiro atoms. The van der Waals surface area contributed by atoms with Crippen LogP contribution in [0.1, 0.15) is 5.56 Å². The van der Waals surface area contributed by atoms with Crippen LogP contribution in [0.4, 0.5) is 5.82 Å². The number of nitrogens with two attached hydrogens (primary N) is 1. The number of anilines is 1. The Kier molecular flexibility index (Phi) is 4.54. The van der Waals surface area contributed by atoms with E-state index >= 15 is 0 Å². The van der Waals surface area contributed by atoms with Crippen molar-refractivity contribution in [1.29, 1.82) is 0 Å². The summed E-state index contributed by atoms with van der Waals surface area (Å²) < 4.78 is 2.14. The van der Waals surface area contributed by atoms with Crippen molar-refractivity contribution < 1.29 is 0 Å². The lowest BCUT2D eigenvalue weighted by Crippen LogP contribution is -2.42. The summed E-state index contributed by atoms with van der Waals surface area (Å²) in [4.78, 5) is 23.6. The first-order valence-corrected chi connectivity index (χ1v) is 6.67. The molecule has 7 nitrogen and oxygen atoms in total. The quantitative estimate of drug-likeness (QED) is 0.771. The van der Waals surface area contributed by atoms with E-state index in [4.69, 9.17) is 5.73 Å². The highest BCUT2D eigenvalue weighted by atomic mass is 16.2. The molecule has 21 heavy (non-hydrogen) atoms. The molecule has 0 amide bonds. The number of benzene rings is 1. The Labute approximate surface area is 122 Å². The van der Waals surface area contributed by atoms with Crippen molar-refractivity contribution in [3.8, 4) is 0 Å². The lowest BCUT2D eigenvalue weighted by Gasteiger charge is -2.17. The molecule has 2 rings (SSSR count). The van der Waals surface area contributed by atoms with Crippen molar-refractivity contribution in [2.24, 2.45) is 19.8 Å². The van der Waals surface area contributed by atoms with Crippen LogP contribution >= 0.6 is 0 Å². The summed E-state index contributed by atoms with van der Waals surface area (Å²) in [5, 5.41) is 6.99. The molecule has 0 fully saturated rings. The van der Waals surface area contributed by atoms with E-state index < -0.39 is 11.2 Å². The predicted octanol–water partition coefficient (Wildman–Crippen LogP) is -0.539. The molecule has 0 aliphatic heterocycles. The van der Waals surface area contributed by atoms with Crippen LogP contribution in [0.25, 0.3) is 0 Å². The zero-order valence-electron chi connectivity index (χ0n) is 12.1. The maximum absolute atomic E-state index is 12.0. The van der Waals surface area contributed by atoms with Gasteiger partial charge in [-0.05, 0) is 12.0 Å². The molecule has 0 saturated carbocycles. The van der Waals surface area contributed by atoms with E-state index in [-0.39, 0.29) is 11.9 Å². The van der Waals surface area contributed by atoms with Gasteiger partial charge in [-0.25, -0.2) is 9.48 Å². The van der Waals surface area contributed by atoms with E-state index in [2.05, 4.69) is 10.4 Å². The first-order valence-electron chi connectivity index (χ1n) is 6.67. The van der Waals surface area contributed by atoms with Crippen molar-refractivity contribution in [2.45, 2.75) is 12.5 Å². The van der Waals surface area contributed by atoms with E-state index in [1.165, 1.54) is 14.1 Å². The summed E-state index contributed by atoms with van der Waals surface area (Å²) >= 11 is 0. The number of hydrogen-bond donors (Lipinski definition) is 2. The molecule has 3 N–H and O–H groups in total. The van der Waals surface area contributed by atoms with Gasteiger partial charge in [0.2, 0.25) is 5.82 Å². The lowest BCUT2D eigenvalue weighted by atomic mass is 10.1. The van der Waals surface area contributed by atoms with Crippen LogP contribution in [-0.2, 0) is 20.5 Å². The predicted molar refractivity (Wildman–Crippen MR) is 81.3 cm³/mol. The molecule has 0 radical (unpaired) electrons. The summed E-state index contributed by atoms with van der Waals surface area (Å²) in [5.41, 5.74) is 5.96. The molecule has 0 aliphatic rings. The Morgan fingerprint density at radius 3 is 2.52 bits per heavy atom. The highest BCUT2D eigenvalue weighted by Crippen LogP contribution is 2.05. The Bertz CT molecular complexity index is 720. The number of nitrogens with zero attached hydrogens (tertiary/aromatic N) is 3. The van der Waals surface area contributed by atoms with Crippen LogP contribution in [-0.4, -0.2) is 26.9 Å². The highest BCUT2D eigenvalue weighted by molar-refractivity contribution is 5.32. The first kappa shape index (κ1) is 15.0. The average Bonchev–Trinajstić information content (AvgIpc) is 2.50. The molecule has 0 aliphatic carbocycles. The third-order valence-corrected chi connectivity index (χ3v) is 3.27. The van der Waals surface area contributed by atoms with Crippen molar-refractivity contribution in [3.05, 3.63) is 56.7 Å². The molecule has 7 heteroatoms. The van der Waals surface area contributed by atoms with Gasteiger partial charge in [-0.2, -0.15) is 0 Å². The maximum Gasteiger partial charge on any atom is 0.346 e. The molecule has 1 heterocycles. The molecule has 1 atom stereocenters. The van der Waals surface area contributed by atoms with E-state index in [9.17, 15) is 9.59 Å². The van der Waals surface area contributed by atoms with Crippen LogP contribution in [0.15, 0.2) is 39.9 Å². The fraction of sp³-hybridized carbons (Fsp3) is 0.357. The summed E-state index contributed by atoms with van der Waals surface area (Å²) in [7, 11) is 2.92. The van der Waals surface area contributed by atoms with Crippen molar-refractivity contribution in [1.82, 2.24) is 14.3 Å². The molecule has 1 unspecified atom stereocenters. The molecule has 1 aromatic heterocycles. The molecule has 2 aromatic rings. The van der Waals surface area contributed by atoms with E-state index in [0.717, 1.165) is 14.8 Å². The third-order valence-electron chi connectivity index (χ3n) is 3.27. The Morgan fingerprint density at radius 1 is 1.24 bits per heavy atom. The van der Waals surface area contributed by atoms with Gasteiger partial charge in [-0.3, -0.25) is 9.36 Å². The van der Waals surface area contributed by atoms with Crippen LogP contribution in [0.5, 0.6) is 0 Å². The number of aromatic nitrogens is 3. The smallest absolute Gasteiger partial charge is 0.346 e. The molecule has 0 saturated heterocycles. The van der Waals surface area contributed by atoms with Gasteiger partial charge < -0.3 is 11.1 Å². The maximum atomic E-state index is 12.0. The summed E-state index contributed by atoms with van der Waals surface area (Å²) in [6.45, 7) is 0.350. The standard InChI is InChI=1S/C14H19N5O2/c1-18-13(20)12(17-19(2)14(18)21)16-11(9-15)8-10-6-4-3-5-7-10/h3-7,11H,8-9,15H2,1-2H3,(H,16,17). The number of aryl methyl sites for hydroxylation is 1. The molecule has 112 valence electrons. The monoisotopic (exact) mass is 289 g/mol. The second-order valence-electron chi connectivity index (χ2n) is 4.89. The zero-order valence-corrected chi connectivity index (χ0v) is 12.1. The van der Waals surface area contributed by atoms with Crippen LogP contribution in [0.2, 0.25) is 0 Å². The highest BCUT2D eigenvalue weighted by Gasteiger charge is 2.13. The third kappa shape index (κ3) is 3.38. The second-order valence-corrected chi connectivity index (χ2v) is 4.89. The van der Waals surface area contributed by atoms with Crippen LogP contribution in [0, 0.1) is 0 Å². The summed E-state index contributed by atoms with van der Waals surface area (Å²) in [6.07, 6.45) is 0.672. The second kappa shape index (κ2) is 6.36. The van der Waals surface area contributed by atoms with Gasteiger partial charge in [0.05, 0.1) is 0 Å². The minimum absolute atomic E-state index is 0.131. The topological polar surface area (TPSA) is 94.9 Å². The van der Waals surface area contributed by atoms with E-state index in [0.29, 0.717) is 13.0 Å². The lowest BCUT2D eigenvalue weighted by molar-refractivity contribution is 0.596. The van der Waals surface area contributed by atoms with E-state index in [1.54, 1.807) is 0 Å². The Hall–Kier alpha value is -2.41. The van der Waals surface area contributed by atoms with Gasteiger partial charge in [0.25, 0.3) is 5.56 Å². The van der Waals surface area contributed by atoms with Crippen molar-refractivity contribution in [2.75, 3.05) is 11.9 Å². The average molecular weight is 289 g/mol. The SMILES string of the molecule is Cn1nc(NC(CN)Cc2ccccc2)c(=O)n(C)c1=O. The van der Waals surface area contributed by atoms with Gasteiger partial charge in [-0.1, -0.05) is 30.3 Å². The fourth-order valence-corrected chi connectivity index (χ4v) is 2.07. The number of nitrogens with one attached hydrogen (secondary N) is 1. The van der Waals surface area contributed by atoms with Crippen LogP contribution in [0.3, 0.4) is 0 Å². The normalized spacial score (nSPS) is 12.1. The van der Waals surface area contributed by atoms with Crippen molar-refractivity contribution >= 4 is 5.82 Å². The van der Waals surface area contributed by atoms with Gasteiger partial charge in [0.15, 0.2) is 0 Å². The Morgan fingerprint density at radius 2 is 1.90 bits per heavy atom. The summed E-state index contributed by atoms with van der Waals surface area (Å²) in [5.74, 6) is 0.131. The minimum atomic E-state index is -0.460. The molecular formula is C14H19N5O2. The minimum Gasteiger partial charge on any atom is -0.360 e. The largest absolute Gasteiger partial charge is 0.360 e. The number of hydrogen-bond acceptors (Lipinski definition) is 5. The number of rotatable bonds is 5. The summed E-state index contributed by atoms with van der Waals surface area (Å²) in [6, 6.07) is 9.70. The van der Waals surface area contributed by atoms with Gasteiger partial charge >= 0.3 is 5.69 Å². The first-order chi connectivity index (χ1) is 10.0. The molecule has 0 bridgehead atoms. The van der Waals surface area contributed by atoms with Gasteiger partial charge in [0, 0.05) is 26.7 Å². The van der Waals surface area contributed by atoms with Gasteiger partial charge in [0.1, 0.15) is 0 Å². The fourth-order valence-electron chi connectivity index (χ4n) is 2.07. The Balaban J connectivity index is 2.23. The zero-order chi connectivity index (χ0) is 15.4. The van der Waals surface area contributed by atoms with Gasteiger partial charge in [-0.15, -0.1) is 5.10 Å². The van der Waals surface area contributed by atoms with Crippen molar-refractivity contribution in [3.63, 3.8) is 0 Å². The van der Waals surface area contributed by atoms with Crippen LogP contribution < -0.4 is 22.3 Å². The van der Waals surface area contributed by atoms with E-state index in [1.807, 2.05) is 30.3 Å². The molecule has 1 aromatic carbocycles. The molecular weight excluding hydrogens is 270 g/mol.